The Balaban J connectivity index is 0.00000256. The zero-order chi connectivity index (χ0) is 20.2. The molecule has 1 amide bonds. The van der Waals surface area contributed by atoms with Crippen molar-refractivity contribution in [3.8, 4) is 5.75 Å². The lowest BCUT2D eigenvalue weighted by atomic mass is 9.86. The number of piperidine rings is 1. The number of carbonyl (C=O) groups excluding carboxylic acids is 1. The zero-order valence-electron chi connectivity index (χ0n) is 18.2. The molecule has 0 aliphatic carbocycles. The van der Waals surface area contributed by atoms with Crippen molar-refractivity contribution >= 4 is 24.0 Å². The SMILES string of the molecule is COc1ccc(NC(=O)C2CC(C3CCN(CC4CCOC4)CC3)N(C)C2)cc1.Cl. The van der Waals surface area contributed by atoms with Gasteiger partial charge in [0.2, 0.25) is 5.91 Å². The molecule has 0 aromatic heterocycles. The highest BCUT2D eigenvalue weighted by Gasteiger charge is 2.39. The lowest BCUT2D eigenvalue weighted by Crippen LogP contribution is -2.43. The van der Waals surface area contributed by atoms with Crippen molar-refractivity contribution in [3.05, 3.63) is 24.3 Å². The number of anilines is 1. The fourth-order valence-electron chi connectivity index (χ4n) is 5.30. The van der Waals surface area contributed by atoms with Gasteiger partial charge in [-0.05, 0) is 81.9 Å². The largest absolute Gasteiger partial charge is 0.497 e. The quantitative estimate of drug-likeness (QED) is 0.741. The molecule has 0 radical (unpaired) electrons. The maximum atomic E-state index is 12.8. The van der Waals surface area contributed by atoms with Crippen LogP contribution in [-0.4, -0.2) is 75.3 Å². The molecule has 168 valence electrons. The minimum absolute atomic E-state index is 0. The molecule has 3 saturated heterocycles. The molecule has 30 heavy (non-hydrogen) atoms. The Labute approximate surface area is 186 Å². The molecule has 1 N–H and O–H groups in total. The zero-order valence-corrected chi connectivity index (χ0v) is 19.0. The topological polar surface area (TPSA) is 54.0 Å². The van der Waals surface area contributed by atoms with Gasteiger partial charge in [0.1, 0.15) is 5.75 Å². The summed E-state index contributed by atoms with van der Waals surface area (Å²) >= 11 is 0. The average Bonchev–Trinajstić information content (AvgIpc) is 3.39. The van der Waals surface area contributed by atoms with Crippen molar-refractivity contribution in [2.45, 2.75) is 31.7 Å². The molecule has 1 aromatic carbocycles. The number of methoxy groups -OCH3 is 1. The van der Waals surface area contributed by atoms with Crippen LogP contribution in [0.1, 0.15) is 25.7 Å². The third-order valence-corrected chi connectivity index (χ3v) is 7.05. The first-order valence-corrected chi connectivity index (χ1v) is 11.1. The molecule has 3 unspecified atom stereocenters. The van der Waals surface area contributed by atoms with Gasteiger partial charge in [-0.2, -0.15) is 0 Å². The maximum Gasteiger partial charge on any atom is 0.228 e. The fourth-order valence-corrected chi connectivity index (χ4v) is 5.30. The lowest BCUT2D eigenvalue weighted by Gasteiger charge is -2.37. The van der Waals surface area contributed by atoms with E-state index in [4.69, 9.17) is 9.47 Å². The number of rotatable bonds is 6. The van der Waals surface area contributed by atoms with Crippen molar-refractivity contribution in [2.24, 2.45) is 17.8 Å². The molecule has 0 spiro atoms. The number of hydrogen-bond acceptors (Lipinski definition) is 5. The van der Waals surface area contributed by atoms with Gasteiger partial charge in [0.05, 0.1) is 19.6 Å². The van der Waals surface area contributed by atoms with Crippen LogP contribution in [0, 0.1) is 17.8 Å². The minimum atomic E-state index is 0. The van der Waals surface area contributed by atoms with Crippen molar-refractivity contribution in [3.63, 3.8) is 0 Å². The van der Waals surface area contributed by atoms with E-state index in [9.17, 15) is 4.79 Å². The highest BCUT2D eigenvalue weighted by atomic mass is 35.5. The van der Waals surface area contributed by atoms with E-state index >= 15 is 0 Å². The molecule has 1 aromatic rings. The monoisotopic (exact) mass is 437 g/mol. The molecule has 3 atom stereocenters. The summed E-state index contributed by atoms with van der Waals surface area (Å²) in [7, 11) is 3.84. The van der Waals surface area contributed by atoms with Crippen LogP contribution < -0.4 is 10.1 Å². The Bertz CT molecular complexity index is 673. The Morgan fingerprint density at radius 2 is 1.93 bits per heavy atom. The van der Waals surface area contributed by atoms with Crippen molar-refractivity contribution < 1.29 is 14.3 Å². The Morgan fingerprint density at radius 1 is 1.20 bits per heavy atom. The van der Waals surface area contributed by atoms with Crippen LogP contribution in [0.4, 0.5) is 5.69 Å². The molecule has 3 heterocycles. The first kappa shape index (κ1) is 23.3. The van der Waals surface area contributed by atoms with Crippen LogP contribution in [0.2, 0.25) is 0 Å². The third kappa shape index (κ3) is 5.67. The van der Waals surface area contributed by atoms with Crippen LogP contribution in [0.25, 0.3) is 0 Å². The number of hydrogen-bond donors (Lipinski definition) is 1. The summed E-state index contributed by atoms with van der Waals surface area (Å²) < 4.78 is 10.7. The average molecular weight is 438 g/mol. The van der Waals surface area contributed by atoms with E-state index in [1.165, 1.54) is 38.9 Å². The van der Waals surface area contributed by atoms with Gasteiger partial charge < -0.3 is 24.6 Å². The fraction of sp³-hybridized carbons (Fsp3) is 0.696. The van der Waals surface area contributed by atoms with Crippen LogP contribution in [0.15, 0.2) is 24.3 Å². The Morgan fingerprint density at radius 3 is 2.57 bits per heavy atom. The van der Waals surface area contributed by atoms with E-state index < -0.39 is 0 Å². The summed E-state index contributed by atoms with van der Waals surface area (Å²) in [6.07, 6.45) is 4.68. The summed E-state index contributed by atoms with van der Waals surface area (Å²) in [6, 6.07) is 8.09. The molecule has 7 heteroatoms. The maximum absolute atomic E-state index is 12.8. The Hall–Kier alpha value is -1.34. The second-order valence-corrected chi connectivity index (χ2v) is 9.02. The van der Waals surface area contributed by atoms with E-state index in [2.05, 4.69) is 22.2 Å². The summed E-state index contributed by atoms with van der Waals surface area (Å²) in [5.74, 6) is 2.45. The van der Waals surface area contributed by atoms with Gasteiger partial charge in [-0.3, -0.25) is 4.79 Å². The van der Waals surface area contributed by atoms with Gasteiger partial charge >= 0.3 is 0 Å². The van der Waals surface area contributed by atoms with Crippen LogP contribution in [0.5, 0.6) is 5.75 Å². The number of nitrogens with one attached hydrogen (secondary N) is 1. The molecule has 0 saturated carbocycles. The van der Waals surface area contributed by atoms with Crippen molar-refractivity contribution in [1.29, 1.82) is 0 Å². The summed E-state index contributed by atoms with van der Waals surface area (Å²) in [6.45, 7) is 6.30. The smallest absolute Gasteiger partial charge is 0.228 e. The van der Waals surface area contributed by atoms with Crippen molar-refractivity contribution in [1.82, 2.24) is 9.80 Å². The predicted molar refractivity (Wildman–Crippen MR) is 121 cm³/mol. The lowest BCUT2D eigenvalue weighted by molar-refractivity contribution is -0.119. The number of nitrogens with zero attached hydrogens (tertiary/aromatic N) is 2. The van der Waals surface area contributed by atoms with E-state index in [1.54, 1.807) is 7.11 Å². The van der Waals surface area contributed by atoms with E-state index in [0.29, 0.717) is 12.0 Å². The van der Waals surface area contributed by atoms with Crippen LogP contribution >= 0.6 is 12.4 Å². The van der Waals surface area contributed by atoms with E-state index in [-0.39, 0.29) is 24.2 Å². The molecular weight excluding hydrogens is 402 g/mol. The molecular formula is C23H36ClN3O3. The molecule has 6 nitrogen and oxygen atoms in total. The van der Waals surface area contributed by atoms with Gasteiger partial charge in [0.15, 0.2) is 0 Å². The predicted octanol–water partition coefficient (Wildman–Crippen LogP) is 3.12. The summed E-state index contributed by atoms with van der Waals surface area (Å²) in [4.78, 5) is 17.8. The minimum Gasteiger partial charge on any atom is -0.497 e. The molecule has 3 aliphatic heterocycles. The van der Waals surface area contributed by atoms with Gasteiger partial charge in [0.25, 0.3) is 0 Å². The highest BCUT2D eigenvalue weighted by Crippen LogP contribution is 2.34. The number of halogens is 1. The molecule has 3 fully saturated rings. The van der Waals surface area contributed by atoms with Gasteiger partial charge in [-0.15, -0.1) is 12.4 Å². The molecule has 0 bridgehead atoms. The second kappa shape index (κ2) is 10.8. The number of carbonyl (C=O) groups is 1. The molecule has 3 aliphatic rings. The van der Waals surface area contributed by atoms with Crippen molar-refractivity contribution in [2.75, 3.05) is 58.9 Å². The summed E-state index contributed by atoms with van der Waals surface area (Å²) in [5.41, 5.74) is 0.839. The Kier molecular flexibility index (Phi) is 8.40. The number of ether oxygens (including phenoxy) is 2. The second-order valence-electron chi connectivity index (χ2n) is 9.02. The first-order chi connectivity index (χ1) is 14.1. The van der Waals surface area contributed by atoms with Gasteiger partial charge in [-0.25, -0.2) is 0 Å². The standard InChI is InChI=1S/C23H35N3O3.ClH/c1-25-15-19(23(27)24-20-3-5-21(28-2)6-4-20)13-22(25)18-7-10-26(11-8-18)14-17-9-12-29-16-17;/h3-6,17-19,22H,7-16H2,1-2H3,(H,24,27);1H. The highest BCUT2D eigenvalue weighted by molar-refractivity contribution is 5.93. The first-order valence-electron chi connectivity index (χ1n) is 11.1. The normalized spacial score (nSPS) is 28.3. The number of benzene rings is 1. The number of likely N-dealkylation sites (tertiary alicyclic amines) is 2. The van der Waals surface area contributed by atoms with Gasteiger partial charge in [0, 0.05) is 31.4 Å². The third-order valence-electron chi connectivity index (χ3n) is 7.05. The van der Waals surface area contributed by atoms with Gasteiger partial charge in [-0.1, -0.05) is 0 Å². The number of amides is 1. The van der Waals surface area contributed by atoms with E-state index in [0.717, 1.165) is 43.5 Å². The van der Waals surface area contributed by atoms with Crippen LogP contribution in [-0.2, 0) is 9.53 Å². The molecule has 4 rings (SSSR count). The summed E-state index contributed by atoms with van der Waals surface area (Å²) in [5, 5.41) is 3.09. The van der Waals surface area contributed by atoms with Crippen LogP contribution in [0.3, 0.4) is 0 Å². The van der Waals surface area contributed by atoms with E-state index in [1.807, 2.05) is 24.3 Å².